The van der Waals surface area contributed by atoms with Crippen LogP contribution in [0.1, 0.15) is 0 Å². The van der Waals surface area contributed by atoms with Crippen LogP contribution in [-0.2, 0) is 0 Å². The average Bonchev–Trinajstić information content (AvgIpc) is 2.45. The Morgan fingerprint density at radius 2 is 2.62 bits per heavy atom. The van der Waals surface area contributed by atoms with Gasteiger partial charge in [-0.3, -0.25) is 4.99 Å². The Morgan fingerprint density at radius 3 is 3.00 bits per heavy atom. The van der Waals surface area contributed by atoms with Crippen molar-refractivity contribution in [1.29, 1.82) is 0 Å². The summed E-state index contributed by atoms with van der Waals surface area (Å²) in [5, 5.41) is 3.24. The fourth-order valence-corrected chi connectivity index (χ4v) is 0.334. The molecule has 0 aromatic rings. The van der Waals surface area contributed by atoms with Gasteiger partial charge in [0.2, 0.25) is 0 Å². The molecule has 1 aliphatic heterocycles. The number of aliphatic imine (C=N–C) groups is 1. The van der Waals surface area contributed by atoms with Crippen LogP contribution in [0.5, 0.6) is 0 Å². The summed E-state index contributed by atoms with van der Waals surface area (Å²) >= 11 is 0. The Labute approximate surface area is 46.2 Å². The normalized spacial score (nSPS) is 13.8. The van der Waals surface area contributed by atoms with E-state index in [2.05, 4.69) is 21.6 Å². The van der Waals surface area contributed by atoms with Gasteiger partial charge < -0.3 is 0 Å². The Kier molecular flexibility index (Phi) is 1.02. The van der Waals surface area contributed by atoms with E-state index in [9.17, 15) is 0 Å². The molecule has 4 heteroatoms. The van der Waals surface area contributed by atoms with Gasteiger partial charge in [-0.1, -0.05) is 11.7 Å². The van der Waals surface area contributed by atoms with Crippen molar-refractivity contribution < 1.29 is 0 Å². The van der Waals surface area contributed by atoms with Gasteiger partial charge in [0.15, 0.2) is 0 Å². The molecular formula is C4H4N4. The number of hydrogen-bond acceptors (Lipinski definition) is 2. The lowest BCUT2D eigenvalue weighted by Gasteiger charge is -1.77. The van der Waals surface area contributed by atoms with Crippen LogP contribution >= 0.6 is 0 Å². The molecule has 0 spiro atoms. The van der Waals surface area contributed by atoms with Crippen molar-refractivity contribution >= 4 is 5.71 Å². The molecule has 0 atom stereocenters. The molecular weight excluding hydrogens is 104 g/mol. The van der Waals surface area contributed by atoms with E-state index in [-0.39, 0.29) is 0 Å². The zero-order valence-electron chi connectivity index (χ0n) is 4.20. The molecule has 8 heavy (non-hydrogen) atoms. The molecule has 0 amide bonds. The first-order valence-corrected chi connectivity index (χ1v) is 2.12. The van der Waals surface area contributed by atoms with Crippen LogP contribution in [0.15, 0.2) is 22.4 Å². The lowest BCUT2D eigenvalue weighted by Crippen LogP contribution is -1.80. The van der Waals surface area contributed by atoms with Crippen molar-refractivity contribution in [2.45, 2.75) is 0 Å². The third-order valence-corrected chi connectivity index (χ3v) is 0.815. The molecule has 0 aliphatic carbocycles. The fraction of sp³-hybridized carbons (Fsp3) is 0.250. The van der Waals surface area contributed by atoms with Crippen LogP contribution in [0, 0.1) is 0 Å². The van der Waals surface area contributed by atoms with Crippen LogP contribution in [0.3, 0.4) is 0 Å². The van der Waals surface area contributed by atoms with Gasteiger partial charge in [0.1, 0.15) is 0 Å². The third kappa shape index (κ3) is 0.859. The van der Waals surface area contributed by atoms with E-state index in [1.54, 1.807) is 0 Å². The molecule has 1 rings (SSSR count). The summed E-state index contributed by atoms with van der Waals surface area (Å²) in [6, 6.07) is 0. The summed E-state index contributed by atoms with van der Waals surface area (Å²) in [6.07, 6.45) is 0. The van der Waals surface area contributed by atoms with Crippen molar-refractivity contribution in [2.24, 2.45) is 10.1 Å². The summed E-state index contributed by atoms with van der Waals surface area (Å²) in [5.74, 6) is 0. The zero-order valence-corrected chi connectivity index (χ0v) is 4.20. The number of rotatable bonds is 2. The van der Waals surface area contributed by atoms with E-state index in [1.807, 2.05) is 0 Å². The van der Waals surface area contributed by atoms with Gasteiger partial charge in [-0.25, -0.2) is 0 Å². The second-order valence-electron chi connectivity index (χ2n) is 1.40. The molecule has 40 valence electrons. The highest BCUT2D eigenvalue weighted by Crippen LogP contribution is 2.07. The molecule has 0 aromatic carbocycles. The first-order chi connectivity index (χ1) is 3.84. The topological polar surface area (TPSA) is 61.1 Å². The Morgan fingerprint density at radius 1 is 2.00 bits per heavy atom. The summed E-state index contributed by atoms with van der Waals surface area (Å²) in [7, 11) is 0. The van der Waals surface area contributed by atoms with Crippen LogP contribution in [0.2, 0.25) is 0 Å². The van der Waals surface area contributed by atoms with Crippen molar-refractivity contribution in [3.63, 3.8) is 0 Å². The molecule has 1 heterocycles. The number of hydrogen-bond donors (Lipinski definition) is 0. The standard InChI is InChI=1S/C4H4N4/c1-3(7-8-5)4-2-6-4/h1-2H2. The van der Waals surface area contributed by atoms with Crippen molar-refractivity contribution in [2.75, 3.05) is 6.54 Å². The molecule has 0 saturated heterocycles. The van der Waals surface area contributed by atoms with E-state index < -0.39 is 0 Å². The monoisotopic (exact) mass is 108 g/mol. The Bertz CT molecular complexity index is 192. The number of nitrogens with zero attached hydrogens (tertiary/aromatic N) is 4. The first-order valence-electron chi connectivity index (χ1n) is 2.12. The van der Waals surface area contributed by atoms with Gasteiger partial charge in [-0.05, 0) is 5.53 Å². The molecule has 0 unspecified atom stereocenters. The lowest BCUT2D eigenvalue weighted by molar-refractivity contribution is 1.45. The molecule has 4 nitrogen and oxygen atoms in total. The largest absolute Gasteiger partial charge is 0.281 e. The highest BCUT2D eigenvalue weighted by Gasteiger charge is 2.10. The molecule has 0 bridgehead atoms. The first kappa shape index (κ1) is 4.87. The van der Waals surface area contributed by atoms with Gasteiger partial charge in [0.25, 0.3) is 0 Å². The van der Waals surface area contributed by atoms with Gasteiger partial charge in [-0.15, -0.1) is 0 Å². The molecule has 0 radical (unpaired) electrons. The van der Waals surface area contributed by atoms with Crippen molar-refractivity contribution in [1.82, 2.24) is 0 Å². The maximum absolute atomic E-state index is 7.86. The van der Waals surface area contributed by atoms with Crippen LogP contribution in [0.25, 0.3) is 10.4 Å². The van der Waals surface area contributed by atoms with E-state index in [1.165, 1.54) is 0 Å². The minimum absolute atomic E-state index is 0.451. The molecule has 0 N–H and O–H groups in total. The highest BCUT2D eigenvalue weighted by molar-refractivity contribution is 6.09. The van der Waals surface area contributed by atoms with Gasteiger partial charge >= 0.3 is 0 Å². The number of azide groups is 1. The van der Waals surface area contributed by atoms with Crippen LogP contribution in [0.4, 0.5) is 0 Å². The van der Waals surface area contributed by atoms with Crippen LogP contribution < -0.4 is 0 Å². The second-order valence-corrected chi connectivity index (χ2v) is 1.40. The quantitative estimate of drug-likeness (QED) is 0.290. The minimum atomic E-state index is 0.451. The minimum Gasteiger partial charge on any atom is -0.281 e. The van der Waals surface area contributed by atoms with E-state index >= 15 is 0 Å². The highest BCUT2D eigenvalue weighted by atomic mass is 15.2. The third-order valence-electron chi connectivity index (χ3n) is 0.815. The predicted molar refractivity (Wildman–Crippen MR) is 30.6 cm³/mol. The lowest BCUT2D eigenvalue weighted by atomic mass is 10.4. The molecule has 1 aliphatic rings. The Balaban J connectivity index is 2.58. The van der Waals surface area contributed by atoms with Crippen molar-refractivity contribution in [3.8, 4) is 0 Å². The summed E-state index contributed by atoms with van der Waals surface area (Å²) in [5.41, 5.74) is 9.13. The maximum atomic E-state index is 7.86. The second kappa shape index (κ2) is 1.68. The Hall–Kier alpha value is -1.28. The van der Waals surface area contributed by atoms with Gasteiger partial charge in [0, 0.05) is 4.91 Å². The van der Waals surface area contributed by atoms with Gasteiger partial charge in [0.05, 0.1) is 18.0 Å². The van der Waals surface area contributed by atoms with E-state index in [4.69, 9.17) is 5.53 Å². The SMILES string of the molecule is C=C(N=[N+]=[N-])C1=NC1. The molecule has 0 saturated carbocycles. The predicted octanol–water partition coefficient (Wildman–Crippen LogP) is 1.26. The summed E-state index contributed by atoms with van der Waals surface area (Å²) < 4.78 is 0. The fourth-order valence-electron chi connectivity index (χ4n) is 0.334. The maximum Gasteiger partial charge on any atom is 0.0816 e. The van der Waals surface area contributed by atoms with Crippen LogP contribution in [-0.4, -0.2) is 12.3 Å². The van der Waals surface area contributed by atoms with Gasteiger partial charge in [-0.2, -0.15) is 0 Å². The van der Waals surface area contributed by atoms with Crippen molar-refractivity contribution in [3.05, 3.63) is 22.7 Å². The average molecular weight is 108 g/mol. The van der Waals surface area contributed by atoms with E-state index in [0.717, 1.165) is 5.71 Å². The van der Waals surface area contributed by atoms with E-state index in [0.29, 0.717) is 12.2 Å². The summed E-state index contributed by atoms with van der Waals surface area (Å²) in [6.45, 7) is 4.15. The smallest absolute Gasteiger partial charge is 0.0816 e. The zero-order chi connectivity index (χ0) is 5.98. The molecule has 0 fully saturated rings. The molecule has 0 aromatic heterocycles. The summed E-state index contributed by atoms with van der Waals surface area (Å²) in [4.78, 5) is 6.31.